The number of carbonyl (C=O) groups is 2. The lowest BCUT2D eigenvalue weighted by Crippen LogP contribution is -2.58. The van der Waals surface area contributed by atoms with E-state index in [2.05, 4.69) is 0 Å². The summed E-state index contributed by atoms with van der Waals surface area (Å²) in [4.78, 5) is 22.4. The monoisotopic (exact) mass is 232 g/mol. The molecule has 1 aliphatic rings. The maximum Gasteiger partial charge on any atom is 0.310 e. The van der Waals surface area contributed by atoms with Gasteiger partial charge in [0.25, 0.3) is 0 Å². The molecule has 0 saturated heterocycles. The van der Waals surface area contributed by atoms with Crippen LogP contribution in [0, 0.1) is 10.8 Å². The second kappa shape index (κ2) is 3.71. The average molecular weight is 232 g/mol. The molecule has 0 aliphatic heterocycles. The zero-order valence-electron chi connectivity index (χ0n) is 9.17. The van der Waals surface area contributed by atoms with E-state index < -0.39 is 35.0 Å². The normalized spacial score (nSPS) is 44.0. The van der Waals surface area contributed by atoms with E-state index in [1.54, 1.807) is 0 Å². The summed E-state index contributed by atoms with van der Waals surface area (Å²) in [6, 6.07) is 0. The number of aliphatic carboxylic acids is 2. The highest BCUT2D eigenvalue weighted by atomic mass is 16.4. The fourth-order valence-electron chi connectivity index (χ4n) is 2.21. The summed E-state index contributed by atoms with van der Waals surface area (Å²) in [7, 11) is 0. The Hall–Kier alpha value is -1.14. The first kappa shape index (κ1) is 12.9. The third-order valence-electron chi connectivity index (χ3n) is 3.84. The van der Waals surface area contributed by atoms with Crippen molar-refractivity contribution in [2.75, 3.05) is 0 Å². The number of aliphatic hydroxyl groups excluding tert-OH is 2. The van der Waals surface area contributed by atoms with Gasteiger partial charge in [0, 0.05) is 0 Å². The standard InChI is InChI=1S/C10H16O6/c1-9(7(13)14)3-5(11)6(12)4-10(9,2)8(15)16/h5-6,11-12H,3-4H2,1-2H3,(H,13,14)(H,15,16)/t5-,6+,9-,10+. The highest BCUT2D eigenvalue weighted by Gasteiger charge is 2.60. The van der Waals surface area contributed by atoms with Gasteiger partial charge >= 0.3 is 11.9 Å². The lowest BCUT2D eigenvalue weighted by atomic mass is 9.56. The molecule has 0 aromatic carbocycles. The van der Waals surface area contributed by atoms with E-state index in [1.165, 1.54) is 13.8 Å². The number of rotatable bonds is 2. The zero-order chi connectivity index (χ0) is 12.7. The van der Waals surface area contributed by atoms with Crippen LogP contribution in [0.1, 0.15) is 26.7 Å². The summed E-state index contributed by atoms with van der Waals surface area (Å²) in [5, 5.41) is 37.2. The molecule has 0 radical (unpaired) electrons. The van der Waals surface area contributed by atoms with Crippen molar-refractivity contribution in [1.29, 1.82) is 0 Å². The van der Waals surface area contributed by atoms with Crippen molar-refractivity contribution in [2.45, 2.75) is 38.9 Å². The molecule has 0 bridgehead atoms. The van der Waals surface area contributed by atoms with Crippen LogP contribution in [0.25, 0.3) is 0 Å². The summed E-state index contributed by atoms with van der Waals surface area (Å²) in [5.41, 5.74) is -3.17. The Morgan fingerprint density at radius 2 is 1.19 bits per heavy atom. The van der Waals surface area contributed by atoms with E-state index in [-0.39, 0.29) is 12.8 Å². The van der Waals surface area contributed by atoms with Crippen molar-refractivity contribution < 1.29 is 30.0 Å². The molecular formula is C10H16O6. The Morgan fingerprint density at radius 1 is 0.938 bits per heavy atom. The molecule has 0 amide bonds. The van der Waals surface area contributed by atoms with Crippen molar-refractivity contribution in [3.63, 3.8) is 0 Å². The number of carboxylic acid groups (broad SMARTS) is 2. The van der Waals surface area contributed by atoms with Gasteiger partial charge in [-0.15, -0.1) is 0 Å². The number of aliphatic hydroxyl groups is 2. The molecule has 1 fully saturated rings. The van der Waals surface area contributed by atoms with Crippen LogP contribution >= 0.6 is 0 Å². The first-order chi connectivity index (χ1) is 7.15. The highest BCUT2D eigenvalue weighted by molar-refractivity contribution is 5.86. The van der Waals surface area contributed by atoms with E-state index in [1.807, 2.05) is 0 Å². The van der Waals surface area contributed by atoms with Crippen molar-refractivity contribution in [1.82, 2.24) is 0 Å². The lowest BCUT2D eigenvalue weighted by molar-refractivity contribution is -0.190. The molecule has 6 nitrogen and oxygen atoms in total. The van der Waals surface area contributed by atoms with Crippen molar-refractivity contribution in [2.24, 2.45) is 10.8 Å². The van der Waals surface area contributed by atoms with Gasteiger partial charge in [-0.3, -0.25) is 9.59 Å². The van der Waals surface area contributed by atoms with Crippen LogP contribution in [0.4, 0.5) is 0 Å². The summed E-state index contributed by atoms with van der Waals surface area (Å²) in [6.45, 7) is 2.58. The molecule has 92 valence electrons. The van der Waals surface area contributed by atoms with Crippen LogP contribution in [0.2, 0.25) is 0 Å². The Bertz CT molecular complexity index is 295. The first-order valence-electron chi connectivity index (χ1n) is 4.98. The quantitative estimate of drug-likeness (QED) is 0.519. The molecule has 0 spiro atoms. The van der Waals surface area contributed by atoms with Crippen molar-refractivity contribution in [3.05, 3.63) is 0 Å². The molecule has 0 unspecified atom stereocenters. The molecule has 0 aromatic rings. The van der Waals surface area contributed by atoms with E-state index in [0.29, 0.717) is 0 Å². The molecule has 1 aliphatic carbocycles. The molecule has 6 heteroatoms. The van der Waals surface area contributed by atoms with Gasteiger partial charge in [0.2, 0.25) is 0 Å². The lowest BCUT2D eigenvalue weighted by Gasteiger charge is -2.47. The second-order valence-electron chi connectivity index (χ2n) is 4.82. The molecule has 16 heavy (non-hydrogen) atoms. The van der Waals surface area contributed by atoms with Crippen LogP contribution in [0.3, 0.4) is 0 Å². The molecule has 4 N–H and O–H groups in total. The molecule has 4 atom stereocenters. The maximum absolute atomic E-state index is 11.2. The Morgan fingerprint density at radius 3 is 1.38 bits per heavy atom. The predicted octanol–water partition coefficient (Wildman–Crippen LogP) is -0.316. The number of hydrogen-bond donors (Lipinski definition) is 4. The van der Waals surface area contributed by atoms with Gasteiger partial charge in [-0.05, 0) is 26.7 Å². The second-order valence-corrected chi connectivity index (χ2v) is 4.82. The predicted molar refractivity (Wildman–Crippen MR) is 52.7 cm³/mol. The molecule has 1 saturated carbocycles. The topological polar surface area (TPSA) is 115 Å². The minimum Gasteiger partial charge on any atom is -0.481 e. The highest BCUT2D eigenvalue weighted by Crippen LogP contribution is 2.50. The van der Waals surface area contributed by atoms with Gasteiger partial charge in [0.15, 0.2) is 0 Å². The fraction of sp³-hybridized carbons (Fsp3) is 0.800. The average Bonchev–Trinajstić information content (AvgIpc) is 2.14. The summed E-state index contributed by atoms with van der Waals surface area (Å²) >= 11 is 0. The van der Waals surface area contributed by atoms with Crippen molar-refractivity contribution in [3.8, 4) is 0 Å². The van der Waals surface area contributed by atoms with Gasteiger partial charge in [0.1, 0.15) is 0 Å². The maximum atomic E-state index is 11.2. The smallest absolute Gasteiger partial charge is 0.310 e. The van der Waals surface area contributed by atoms with Crippen LogP contribution in [0.5, 0.6) is 0 Å². The van der Waals surface area contributed by atoms with Crippen LogP contribution in [-0.4, -0.2) is 44.6 Å². The summed E-state index contributed by atoms with van der Waals surface area (Å²) < 4.78 is 0. The number of carboxylic acids is 2. The molecular weight excluding hydrogens is 216 g/mol. The first-order valence-corrected chi connectivity index (χ1v) is 4.98. The van der Waals surface area contributed by atoms with E-state index in [0.717, 1.165) is 0 Å². The van der Waals surface area contributed by atoms with Crippen LogP contribution < -0.4 is 0 Å². The third-order valence-corrected chi connectivity index (χ3v) is 3.84. The van der Waals surface area contributed by atoms with Gasteiger partial charge in [-0.1, -0.05) is 0 Å². The van der Waals surface area contributed by atoms with Crippen LogP contribution in [-0.2, 0) is 9.59 Å². The van der Waals surface area contributed by atoms with Crippen LogP contribution in [0.15, 0.2) is 0 Å². The third kappa shape index (κ3) is 1.58. The molecule has 0 aromatic heterocycles. The zero-order valence-corrected chi connectivity index (χ0v) is 9.17. The molecule has 1 rings (SSSR count). The Balaban J connectivity index is 3.22. The van der Waals surface area contributed by atoms with Crippen molar-refractivity contribution >= 4 is 11.9 Å². The van der Waals surface area contributed by atoms with E-state index in [4.69, 9.17) is 10.2 Å². The Labute approximate surface area is 92.5 Å². The largest absolute Gasteiger partial charge is 0.481 e. The van der Waals surface area contributed by atoms with E-state index >= 15 is 0 Å². The summed E-state index contributed by atoms with van der Waals surface area (Å²) in [5.74, 6) is -2.55. The molecule has 0 heterocycles. The Kier molecular flexibility index (Phi) is 3.00. The van der Waals surface area contributed by atoms with Gasteiger partial charge in [0.05, 0.1) is 23.0 Å². The van der Waals surface area contributed by atoms with Gasteiger partial charge < -0.3 is 20.4 Å². The number of hydrogen-bond acceptors (Lipinski definition) is 4. The minimum atomic E-state index is -1.59. The van der Waals surface area contributed by atoms with Gasteiger partial charge in [-0.2, -0.15) is 0 Å². The SMILES string of the molecule is C[C@@]1(C(=O)O)C[C@H](O)[C@H](O)C[C@]1(C)C(=O)O. The summed E-state index contributed by atoms with van der Waals surface area (Å²) in [6.07, 6.45) is -2.94. The van der Waals surface area contributed by atoms with Gasteiger partial charge in [-0.25, -0.2) is 0 Å². The van der Waals surface area contributed by atoms with E-state index in [9.17, 15) is 19.8 Å². The minimum absolute atomic E-state index is 0.272. The fourth-order valence-corrected chi connectivity index (χ4v) is 2.21.